The highest BCUT2D eigenvalue weighted by atomic mass is 19.1. The van der Waals surface area contributed by atoms with Gasteiger partial charge >= 0.3 is 0 Å². The molecule has 8 nitrogen and oxygen atoms in total. The molecule has 0 saturated heterocycles. The van der Waals surface area contributed by atoms with Gasteiger partial charge in [-0.2, -0.15) is 5.10 Å². The Bertz CT molecular complexity index is 1150. The fraction of sp³-hybridized carbons (Fsp3) is 0. The van der Waals surface area contributed by atoms with E-state index in [0.29, 0.717) is 5.69 Å². The van der Waals surface area contributed by atoms with Crippen molar-refractivity contribution in [3.63, 3.8) is 0 Å². The van der Waals surface area contributed by atoms with E-state index >= 15 is 0 Å². The summed E-state index contributed by atoms with van der Waals surface area (Å²) in [4.78, 5) is 34.8. The molecule has 0 radical (unpaired) electrons. The van der Waals surface area contributed by atoms with E-state index in [1.807, 2.05) is 0 Å². The molecule has 30 heavy (non-hydrogen) atoms. The molecule has 0 aliphatic carbocycles. The summed E-state index contributed by atoms with van der Waals surface area (Å²) < 4.78 is 13.5. The molecule has 0 heterocycles. The molecular formula is C21H15FN4O4. The smallest absolute Gasteiger partial charge is 0.271 e. The molecule has 0 atom stereocenters. The SMILES string of the molecule is O=C(N/N=C\c1ccccc1F)c1cccc(NC(=O)c2cccc([N+](=O)[O-])c2)c1. The van der Waals surface area contributed by atoms with Gasteiger partial charge < -0.3 is 5.32 Å². The first-order chi connectivity index (χ1) is 14.4. The molecule has 0 bridgehead atoms. The summed E-state index contributed by atoms with van der Waals surface area (Å²) in [6, 6.07) is 17.3. The molecule has 0 spiro atoms. The lowest BCUT2D eigenvalue weighted by Crippen LogP contribution is -2.18. The highest BCUT2D eigenvalue weighted by Gasteiger charge is 2.12. The number of amides is 2. The number of benzene rings is 3. The van der Waals surface area contributed by atoms with Crippen LogP contribution in [0.2, 0.25) is 0 Å². The average Bonchev–Trinajstić information content (AvgIpc) is 2.75. The number of hydrazone groups is 1. The number of nitro benzene ring substituents is 1. The van der Waals surface area contributed by atoms with Gasteiger partial charge in [0.05, 0.1) is 11.1 Å². The normalized spacial score (nSPS) is 10.6. The number of nitrogens with zero attached hydrogens (tertiary/aromatic N) is 2. The van der Waals surface area contributed by atoms with Crippen molar-refractivity contribution < 1.29 is 18.9 Å². The number of nitro groups is 1. The summed E-state index contributed by atoms with van der Waals surface area (Å²) in [5.41, 5.74) is 2.92. The molecule has 0 aliphatic heterocycles. The van der Waals surface area contributed by atoms with Gasteiger partial charge in [0.25, 0.3) is 17.5 Å². The predicted octanol–water partition coefficient (Wildman–Crippen LogP) is 3.75. The number of hydrogen-bond donors (Lipinski definition) is 2. The van der Waals surface area contributed by atoms with E-state index in [9.17, 15) is 24.1 Å². The Kier molecular flexibility index (Phi) is 6.23. The maximum absolute atomic E-state index is 13.5. The van der Waals surface area contributed by atoms with E-state index in [-0.39, 0.29) is 22.4 Å². The summed E-state index contributed by atoms with van der Waals surface area (Å²) in [5, 5.41) is 17.2. The Morgan fingerprint density at radius 1 is 0.933 bits per heavy atom. The molecule has 3 aromatic carbocycles. The fourth-order valence-corrected chi connectivity index (χ4v) is 2.51. The van der Waals surface area contributed by atoms with Crippen molar-refractivity contribution in [2.75, 3.05) is 5.32 Å². The van der Waals surface area contributed by atoms with Crippen molar-refractivity contribution in [1.82, 2.24) is 5.43 Å². The van der Waals surface area contributed by atoms with Gasteiger partial charge in [0.1, 0.15) is 5.82 Å². The van der Waals surface area contributed by atoms with Crippen LogP contribution in [-0.2, 0) is 0 Å². The van der Waals surface area contributed by atoms with Crippen LogP contribution in [0.5, 0.6) is 0 Å². The third-order valence-electron chi connectivity index (χ3n) is 3.98. The van der Waals surface area contributed by atoms with E-state index < -0.39 is 22.6 Å². The monoisotopic (exact) mass is 406 g/mol. The first-order valence-electron chi connectivity index (χ1n) is 8.68. The lowest BCUT2D eigenvalue weighted by Gasteiger charge is -2.07. The molecule has 0 aromatic heterocycles. The number of anilines is 1. The highest BCUT2D eigenvalue weighted by Crippen LogP contribution is 2.16. The Hall–Kier alpha value is -4.40. The topological polar surface area (TPSA) is 114 Å². The number of rotatable bonds is 6. The van der Waals surface area contributed by atoms with Crippen molar-refractivity contribution >= 4 is 29.4 Å². The molecule has 0 unspecified atom stereocenters. The molecule has 2 amide bonds. The van der Waals surface area contributed by atoms with Crippen LogP contribution in [0.4, 0.5) is 15.8 Å². The van der Waals surface area contributed by atoms with Gasteiger partial charge in [-0.1, -0.05) is 30.3 Å². The molecule has 0 saturated carbocycles. The van der Waals surface area contributed by atoms with Gasteiger partial charge in [-0.15, -0.1) is 0 Å². The van der Waals surface area contributed by atoms with E-state index in [0.717, 1.165) is 6.07 Å². The van der Waals surface area contributed by atoms with Gasteiger partial charge in [0.2, 0.25) is 0 Å². The summed E-state index contributed by atoms with van der Waals surface area (Å²) in [5.74, 6) is -1.59. The Morgan fingerprint density at radius 2 is 1.63 bits per heavy atom. The second kappa shape index (κ2) is 9.20. The zero-order valence-electron chi connectivity index (χ0n) is 15.4. The highest BCUT2D eigenvalue weighted by molar-refractivity contribution is 6.05. The summed E-state index contributed by atoms with van der Waals surface area (Å²) in [6.07, 6.45) is 1.18. The van der Waals surface area contributed by atoms with Gasteiger partial charge in [0, 0.05) is 34.5 Å². The van der Waals surface area contributed by atoms with Crippen molar-refractivity contribution in [3.8, 4) is 0 Å². The minimum atomic E-state index is -0.594. The van der Waals surface area contributed by atoms with Crippen LogP contribution in [0.15, 0.2) is 77.9 Å². The molecule has 9 heteroatoms. The predicted molar refractivity (Wildman–Crippen MR) is 109 cm³/mol. The van der Waals surface area contributed by atoms with Crippen LogP contribution in [0, 0.1) is 15.9 Å². The largest absolute Gasteiger partial charge is 0.322 e. The zero-order valence-corrected chi connectivity index (χ0v) is 15.4. The average molecular weight is 406 g/mol. The first-order valence-corrected chi connectivity index (χ1v) is 8.68. The number of halogens is 1. The van der Waals surface area contributed by atoms with Crippen molar-refractivity contribution in [3.05, 3.63) is 105 Å². The lowest BCUT2D eigenvalue weighted by molar-refractivity contribution is -0.384. The summed E-state index contributed by atoms with van der Waals surface area (Å²) in [7, 11) is 0. The second-order valence-electron chi connectivity index (χ2n) is 6.06. The third-order valence-corrected chi connectivity index (χ3v) is 3.98. The number of carbonyl (C=O) groups is 2. The van der Waals surface area contributed by atoms with Gasteiger partial charge in [0.15, 0.2) is 0 Å². The van der Waals surface area contributed by atoms with E-state index in [1.54, 1.807) is 24.3 Å². The van der Waals surface area contributed by atoms with Crippen LogP contribution >= 0.6 is 0 Å². The quantitative estimate of drug-likeness (QED) is 0.369. The molecular weight excluding hydrogens is 391 g/mol. The molecule has 0 fully saturated rings. The van der Waals surface area contributed by atoms with Gasteiger partial charge in [-0.25, -0.2) is 9.82 Å². The number of non-ortho nitro benzene ring substituents is 1. The minimum absolute atomic E-state index is 0.105. The van der Waals surface area contributed by atoms with Gasteiger partial charge in [-0.05, 0) is 30.3 Å². The van der Waals surface area contributed by atoms with E-state index in [4.69, 9.17) is 0 Å². The number of nitrogens with one attached hydrogen (secondary N) is 2. The fourth-order valence-electron chi connectivity index (χ4n) is 2.51. The molecule has 0 aliphatic rings. The van der Waals surface area contributed by atoms with Crippen LogP contribution in [-0.4, -0.2) is 23.0 Å². The number of carbonyl (C=O) groups excluding carboxylic acids is 2. The molecule has 2 N–H and O–H groups in total. The Morgan fingerprint density at radius 3 is 2.37 bits per heavy atom. The standard InChI is InChI=1S/C21H15FN4O4/c22-19-10-2-1-5-16(19)13-23-25-21(28)14-6-3-8-17(11-14)24-20(27)15-7-4-9-18(12-15)26(29)30/h1-13H,(H,24,27)(H,25,28)/b23-13-. The minimum Gasteiger partial charge on any atom is -0.322 e. The van der Waals surface area contributed by atoms with E-state index in [1.165, 1.54) is 48.7 Å². The third kappa shape index (κ3) is 5.10. The van der Waals surface area contributed by atoms with E-state index in [2.05, 4.69) is 15.8 Å². The number of hydrogen-bond acceptors (Lipinski definition) is 5. The maximum atomic E-state index is 13.5. The Labute approximate surface area is 170 Å². The van der Waals surface area contributed by atoms with Crippen molar-refractivity contribution in [2.24, 2.45) is 5.10 Å². The molecule has 3 aromatic rings. The maximum Gasteiger partial charge on any atom is 0.271 e. The molecule has 150 valence electrons. The van der Waals surface area contributed by atoms with Crippen molar-refractivity contribution in [1.29, 1.82) is 0 Å². The van der Waals surface area contributed by atoms with Crippen LogP contribution in [0.1, 0.15) is 26.3 Å². The summed E-state index contributed by atoms with van der Waals surface area (Å²) >= 11 is 0. The Balaban J connectivity index is 1.67. The van der Waals surface area contributed by atoms with Crippen LogP contribution in [0.3, 0.4) is 0 Å². The van der Waals surface area contributed by atoms with Crippen molar-refractivity contribution in [2.45, 2.75) is 0 Å². The van der Waals surface area contributed by atoms with Crippen LogP contribution < -0.4 is 10.7 Å². The lowest BCUT2D eigenvalue weighted by atomic mass is 10.1. The molecule has 3 rings (SSSR count). The zero-order chi connectivity index (χ0) is 21.5. The second-order valence-corrected chi connectivity index (χ2v) is 6.06. The summed E-state index contributed by atoms with van der Waals surface area (Å²) in [6.45, 7) is 0. The first kappa shape index (κ1) is 20.3. The van der Waals surface area contributed by atoms with Crippen LogP contribution in [0.25, 0.3) is 0 Å². The van der Waals surface area contributed by atoms with Gasteiger partial charge in [-0.3, -0.25) is 19.7 Å².